The Balaban J connectivity index is 1.71. The topological polar surface area (TPSA) is 69.8 Å². The fourth-order valence-electron chi connectivity index (χ4n) is 2.59. The first-order valence-electron chi connectivity index (χ1n) is 8.01. The average molecular weight is 326 g/mol. The summed E-state index contributed by atoms with van der Waals surface area (Å²) in [4.78, 5) is 0. The molecule has 2 heterocycles. The lowest BCUT2D eigenvalue weighted by molar-refractivity contribution is 0.423. The van der Waals surface area contributed by atoms with Gasteiger partial charge in [0, 0.05) is 20.1 Å². The van der Waals surface area contributed by atoms with Gasteiger partial charge in [-0.25, -0.2) is 4.68 Å². The lowest BCUT2D eigenvalue weighted by atomic mass is 10.2. The summed E-state index contributed by atoms with van der Waals surface area (Å²) in [6.45, 7) is 6.22. The van der Waals surface area contributed by atoms with Gasteiger partial charge in [0.25, 0.3) is 0 Å². The molecule has 0 bridgehead atoms. The van der Waals surface area contributed by atoms with Crippen LogP contribution in [0, 0.1) is 6.92 Å². The molecule has 3 aromatic rings. The predicted octanol–water partition coefficient (Wildman–Crippen LogP) is 2.42. The smallest absolute Gasteiger partial charge is 0.222 e. The molecule has 7 nitrogen and oxygen atoms in total. The van der Waals surface area contributed by atoms with Gasteiger partial charge in [-0.3, -0.25) is 0 Å². The van der Waals surface area contributed by atoms with Crippen LogP contribution in [0.1, 0.15) is 24.0 Å². The van der Waals surface area contributed by atoms with Gasteiger partial charge in [0.05, 0.1) is 17.8 Å². The van der Waals surface area contributed by atoms with E-state index in [9.17, 15) is 0 Å². The highest BCUT2D eigenvalue weighted by molar-refractivity contribution is 5.35. The van der Waals surface area contributed by atoms with Crippen LogP contribution < -0.4 is 10.1 Å². The monoisotopic (exact) mass is 326 g/mol. The van der Waals surface area contributed by atoms with Gasteiger partial charge in [0.15, 0.2) is 0 Å². The summed E-state index contributed by atoms with van der Waals surface area (Å²) >= 11 is 0. The van der Waals surface area contributed by atoms with Crippen molar-refractivity contribution < 1.29 is 4.74 Å². The minimum Gasteiger partial charge on any atom is -0.439 e. The van der Waals surface area contributed by atoms with E-state index in [0.29, 0.717) is 13.1 Å². The molecule has 126 valence electrons. The first-order valence-corrected chi connectivity index (χ1v) is 8.01. The van der Waals surface area contributed by atoms with Crippen LogP contribution in [0.3, 0.4) is 0 Å². The van der Waals surface area contributed by atoms with Gasteiger partial charge < -0.3 is 14.6 Å². The first-order chi connectivity index (χ1) is 11.7. The molecule has 0 saturated carbocycles. The van der Waals surface area contributed by atoms with E-state index in [1.807, 2.05) is 48.9 Å². The molecule has 1 aromatic carbocycles. The van der Waals surface area contributed by atoms with Gasteiger partial charge in [-0.2, -0.15) is 5.10 Å². The molecule has 0 spiro atoms. The summed E-state index contributed by atoms with van der Waals surface area (Å²) in [6.07, 6.45) is 1.75. The number of hydrogen-bond acceptors (Lipinski definition) is 5. The van der Waals surface area contributed by atoms with Crippen LogP contribution in [0.25, 0.3) is 0 Å². The summed E-state index contributed by atoms with van der Waals surface area (Å²) in [6, 6.07) is 9.74. The lowest BCUT2D eigenvalue weighted by Crippen LogP contribution is -2.17. The zero-order valence-corrected chi connectivity index (χ0v) is 14.2. The second-order valence-electron chi connectivity index (χ2n) is 5.54. The van der Waals surface area contributed by atoms with Gasteiger partial charge in [0.1, 0.15) is 17.9 Å². The van der Waals surface area contributed by atoms with E-state index in [1.165, 1.54) is 0 Å². The Bertz CT molecular complexity index is 793. The largest absolute Gasteiger partial charge is 0.439 e. The Morgan fingerprint density at radius 2 is 1.96 bits per heavy atom. The van der Waals surface area contributed by atoms with Crippen LogP contribution in [0.5, 0.6) is 11.6 Å². The third-order valence-corrected chi connectivity index (χ3v) is 3.87. The maximum atomic E-state index is 6.02. The molecule has 7 heteroatoms. The van der Waals surface area contributed by atoms with Crippen molar-refractivity contribution in [2.24, 2.45) is 7.05 Å². The molecule has 0 unspecified atom stereocenters. The lowest BCUT2D eigenvalue weighted by Gasteiger charge is -2.10. The Morgan fingerprint density at radius 3 is 2.71 bits per heavy atom. The number of nitrogens with zero attached hydrogens (tertiary/aromatic N) is 5. The van der Waals surface area contributed by atoms with Crippen molar-refractivity contribution in [1.29, 1.82) is 0 Å². The minimum absolute atomic E-state index is 0.646. The van der Waals surface area contributed by atoms with Crippen molar-refractivity contribution >= 4 is 0 Å². The highest BCUT2D eigenvalue weighted by Crippen LogP contribution is 2.26. The summed E-state index contributed by atoms with van der Waals surface area (Å²) in [5.74, 6) is 2.47. The van der Waals surface area contributed by atoms with Crippen LogP contribution >= 0.6 is 0 Å². The van der Waals surface area contributed by atoms with E-state index in [2.05, 4.69) is 27.5 Å². The van der Waals surface area contributed by atoms with Crippen molar-refractivity contribution in [3.63, 3.8) is 0 Å². The summed E-state index contributed by atoms with van der Waals surface area (Å²) in [7, 11) is 1.89. The van der Waals surface area contributed by atoms with Crippen LogP contribution in [0.4, 0.5) is 0 Å². The molecule has 0 atom stereocenters. The zero-order valence-electron chi connectivity index (χ0n) is 14.2. The Labute approximate surface area is 141 Å². The van der Waals surface area contributed by atoms with Crippen molar-refractivity contribution in [3.05, 3.63) is 53.7 Å². The highest BCUT2D eigenvalue weighted by Gasteiger charge is 2.15. The molecular formula is C17H22N6O. The van der Waals surface area contributed by atoms with Crippen LogP contribution in [0.2, 0.25) is 0 Å². The number of ether oxygens (including phenoxy) is 1. The van der Waals surface area contributed by atoms with Crippen LogP contribution in [-0.4, -0.2) is 24.5 Å². The summed E-state index contributed by atoms with van der Waals surface area (Å²) in [5, 5.41) is 16.0. The van der Waals surface area contributed by atoms with E-state index in [0.717, 1.165) is 35.3 Å². The highest BCUT2D eigenvalue weighted by atomic mass is 16.5. The molecule has 0 fully saturated rings. The van der Waals surface area contributed by atoms with E-state index in [4.69, 9.17) is 4.74 Å². The SMILES string of the molecule is CCn1cnnc1CNCc1c(C)nn(C)c1Oc1ccccc1. The van der Waals surface area contributed by atoms with Gasteiger partial charge in [-0.1, -0.05) is 18.2 Å². The molecule has 0 aliphatic carbocycles. The zero-order chi connectivity index (χ0) is 16.9. The van der Waals surface area contributed by atoms with Crippen molar-refractivity contribution in [3.8, 4) is 11.6 Å². The fraction of sp³-hybridized carbons (Fsp3) is 0.353. The Hall–Kier alpha value is -2.67. The predicted molar refractivity (Wildman–Crippen MR) is 90.7 cm³/mol. The standard InChI is InChI=1S/C17H22N6O/c1-4-23-12-19-20-16(23)11-18-10-15-13(2)21-22(3)17(15)24-14-8-6-5-7-9-14/h5-9,12,18H,4,10-11H2,1-3H3. The number of aryl methyl sites for hydroxylation is 3. The van der Waals surface area contributed by atoms with Crippen LogP contribution in [-0.2, 0) is 26.7 Å². The fourth-order valence-corrected chi connectivity index (χ4v) is 2.59. The molecule has 1 N–H and O–H groups in total. The summed E-state index contributed by atoms with van der Waals surface area (Å²) in [5.41, 5.74) is 2.00. The number of hydrogen-bond donors (Lipinski definition) is 1. The Morgan fingerprint density at radius 1 is 1.17 bits per heavy atom. The molecule has 3 rings (SSSR count). The van der Waals surface area contributed by atoms with Crippen LogP contribution in [0.15, 0.2) is 36.7 Å². The molecule has 0 aliphatic heterocycles. The quantitative estimate of drug-likeness (QED) is 0.722. The van der Waals surface area contributed by atoms with E-state index in [-0.39, 0.29) is 0 Å². The summed E-state index contributed by atoms with van der Waals surface area (Å²) < 4.78 is 9.81. The van der Waals surface area contributed by atoms with E-state index in [1.54, 1.807) is 11.0 Å². The molecule has 0 radical (unpaired) electrons. The number of rotatable bonds is 7. The third-order valence-electron chi connectivity index (χ3n) is 3.87. The maximum Gasteiger partial charge on any atom is 0.222 e. The number of benzene rings is 1. The van der Waals surface area contributed by atoms with E-state index >= 15 is 0 Å². The molecule has 0 amide bonds. The molecule has 2 aromatic heterocycles. The molecule has 24 heavy (non-hydrogen) atoms. The number of aromatic nitrogens is 5. The normalized spacial score (nSPS) is 11.0. The minimum atomic E-state index is 0.646. The third kappa shape index (κ3) is 3.46. The van der Waals surface area contributed by atoms with Gasteiger partial charge in [0.2, 0.25) is 5.88 Å². The molecular weight excluding hydrogens is 304 g/mol. The number of nitrogens with one attached hydrogen (secondary N) is 1. The molecule has 0 saturated heterocycles. The van der Waals surface area contributed by atoms with Crippen molar-refractivity contribution in [1.82, 2.24) is 29.9 Å². The number of para-hydroxylation sites is 1. The second-order valence-corrected chi connectivity index (χ2v) is 5.54. The van der Waals surface area contributed by atoms with Gasteiger partial charge in [-0.05, 0) is 26.0 Å². The van der Waals surface area contributed by atoms with Gasteiger partial charge in [-0.15, -0.1) is 10.2 Å². The maximum absolute atomic E-state index is 6.02. The molecule has 0 aliphatic rings. The Kier molecular flexibility index (Phi) is 4.90. The van der Waals surface area contributed by atoms with E-state index < -0.39 is 0 Å². The first kappa shape index (κ1) is 16.2. The average Bonchev–Trinajstić information content (AvgIpc) is 3.14. The van der Waals surface area contributed by atoms with Gasteiger partial charge >= 0.3 is 0 Å². The van der Waals surface area contributed by atoms with Crippen molar-refractivity contribution in [2.45, 2.75) is 33.5 Å². The van der Waals surface area contributed by atoms with Crippen molar-refractivity contribution in [2.75, 3.05) is 0 Å². The second kappa shape index (κ2) is 7.27.